The minimum atomic E-state index is 0.726. The lowest BCUT2D eigenvalue weighted by Gasteiger charge is -2.48. The first-order chi connectivity index (χ1) is 6.25. The second kappa shape index (κ2) is 3.60. The van der Waals surface area contributed by atoms with Crippen molar-refractivity contribution in [1.29, 1.82) is 0 Å². The van der Waals surface area contributed by atoms with E-state index in [0.717, 1.165) is 21.7 Å². The lowest BCUT2D eigenvalue weighted by atomic mass is 9.61. The van der Waals surface area contributed by atoms with E-state index in [1.54, 1.807) is 5.57 Å². The third-order valence-electron chi connectivity index (χ3n) is 3.27. The van der Waals surface area contributed by atoms with Crippen molar-refractivity contribution in [3.8, 4) is 0 Å². The van der Waals surface area contributed by atoms with Crippen LogP contribution in [0.5, 0.6) is 0 Å². The lowest BCUT2D eigenvalue weighted by molar-refractivity contribution is 0.233. The fraction of sp³-hybridized carbons (Fsp3) is 0.500. The maximum Gasteiger partial charge on any atom is 0.0367 e. The van der Waals surface area contributed by atoms with Gasteiger partial charge in [-0.1, -0.05) is 60.4 Å². The summed E-state index contributed by atoms with van der Waals surface area (Å²) in [5.74, 6) is 2.47. The number of allylic oxidation sites excluding steroid dienone is 5. The predicted molar refractivity (Wildman–Crippen MR) is 66.0 cm³/mol. The molecule has 70 valence electrons. The van der Waals surface area contributed by atoms with Gasteiger partial charge < -0.3 is 0 Å². The van der Waals surface area contributed by atoms with E-state index in [9.17, 15) is 0 Å². The molecule has 0 N–H and O–H groups in total. The number of hydrogen-bond donors (Lipinski definition) is 0. The summed E-state index contributed by atoms with van der Waals surface area (Å²) in [7, 11) is 0. The van der Waals surface area contributed by atoms with Gasteiger partial charge in [0.15, 0.2) is 0 Å². The van der Waals surface area contributed by atoms with E-state index in [2.05, 4.69) is 54.3 Å². The molecule has 1 fully saturated rings. The molecule has 0 heterocycles. The molecule has 0 saturated heterocycles. The van der Waals surface area contributed by atoms with Crippen LogP contribution in [-0.2, 0) is 0 Å². The first-order valence-electron chi connectivity index (χ1n) is 4.89. The molecular weight excluding hydrogens is 271 g/mol. The molecule has 0 bridgehead atoms. The molecule has 0 aromatic rings. The summed E-state index contributed by atoms with van der Waals surface area (Å²) in [4.78, 5) is 0. The van der Waals surface area contributed by atoms with Gasteiger partial charge in [0.25, 0.3) is 0 Å². The summed E-state index contributed by atoms with van der Waals surface area (Å²) >= 11 is 2.58. The standard InChI is InChI=1S/C12H15I/c1-3-5-10-9-7-4-6-8(2)11(9)12(10)13/h3-5,7-9,11-12H,1,6H2,2H3/b10-5-/t8-,9?,11-,12?/m1/s1. The molecule has 13 heavy (non-hydrogen) atoms. The Morgan fingerprint density at radius 1 is 1.62 bits per heavy atom. The van der Waals surface area contributed by atoms with Crippen molar-refractivity contribution in [1.82, 2.24) is 0 Å². The van der Waals surface area contributed by atoms with Crippen LogP contribution in [0.1, 0.15) is 13.3 Å². The summed E-state index contributed by atoms with van der Waals surface area (Å²) in [6.45, 7) is 6.14. The zero-order valence-electron chi connectivity index (χ0n) is 7.91. The molecule has 0 aromatic heterocycles. The molecule has 0 nitrogen and oxygen atoms in total. The van der Waals surface area contributed by atoms with E-state index in [1.165, 1.54) is 6.42 Å². The third-order valence-corrected chi connectivity index (χ3v) is 4.82. The topological polar surface area (TPSA) is 0 Å². The van der Waals surface area contributed by atoms with Crippen LogP contribution in [0.25, 0.3) is 0 Å². The highest BCUT2D eigenvalue weighted by atomic mass is 127. The fourth-order valence-corrected chi connectivity index (χ4v) is 4.29. The Kier molecular flexibility index (Phi) is 2.63. The Hall–Kier alpha value is -0.0500. The van der Waals surface area contributed by atoms with Crippen LogP contribution in [-0.4, -0.2) is 3.92 Å². The summed E-state index contributed by atoms with van der Waals surface area (Å²) < 4.78 is 0.751. The molecule has 2 aliphatic rings. The van der Waals surface area contributed by atoms with Crippen molar-refractivity contribution in [2.75, 3.05) is 0 Å². The molecule has 0 spiro atoms. The maximum atomic E-state index is 3.77. The van der Waals surface area contributed by atoms with Crippen molar-refractivity contribution in [2.45, 2.75) is 17.3 Å². The second-order valence-electron chi connectivity index (χ2n) is 4.05. The average Bonchev–Trinajstić information content (AvgIpc) is 2.13. The Morgan fingerprint density at radius 3 is 3.08 bits per heavy atom. The molecular formula is C12H15I. The summed E-state index contributed by atoms with van der Waals surface area (Å²) in [6, 6.07) is 0. The van der Waals surface area contributed by atoms with E-state index in [4.69, 9.17) is 0 Å². The molecule has 4 atom stereocenters. The van der Waals surface area contributed by atoms with Gasteiger partial charge in [0.1, 0.15) is 0 Å². The van der Waals surface area contributed by atoms with Crippen molar-refractivity contribution in [3.63, 3.8) is 0 Å². The van der Waals surface area contributed by atoms with Gasteiger partial charge >= 0.3 is 0 Å². The van der Waals surface area contributed by atoms with Gasteiger partial charge in [-0.05, 0) is 23.8 Å². The minimum Gasteiger partial charge on any atom is -0.0991 e. The smallest absolute Gasteiger partial charge is 0.0367 e. The number of halogens is 1. The van der Waals surface area contributed by atoms with Crippen molar-refractivity contribution in [2.24, 2.45) is 17.8 Å². The third kappa shape index (κ3) is 1.41. The first-order valence-corrected chi connectivity index (χ1v) is 6.13. The van der Waals surface area contributed by atoms with E-state index in [-0.39, 0.29) is 0 Å². The van der Waals surface area contributed by atoms with Crippen molar-refractivity contribution >= 4 is 22.6 Å². The van der Waals surface area contributed by atoms with Gasteiger partial charge in [-0.25, -0.2) is 0 Å². The van der Waals surface area contributed by atoms with Crippen LogP contribution < -0.4 is 0 Å². The molecule has 0 amide bonds. The van der Waals surface area contributed by atoms with E-state index >= 15 is 0 Å². The highest BCUT2D eigenvalue weighted by molar-refractivity contribution is 14.1. The van der Waals surface area contributed by atoms with Gasteiger partial charge in [-0.15, -0.1) is 0 Å². The van der Waals surface area contributed by atoms with Crippen LogP contribution >= 0.6 is 22.6 Å². The Labute approximate surface area is 93.9 Å². The number of alkyl halides is 1. The van der Waals surface area contributed by atoms with E-state index < -0.39 is 0 Å². The van der Waals surface area contributed by atoms with E-state index in [0.29, 0.717) is 0 Å². The molecule has 0 aliphatic heterocycles. The first kappa shape index (κ1) is 9.50. The van der Waals surface area contributed by atoms with Crippen LogP contribution in [0.3, 0.4) is 0 Å². The molecule has 2 aliphatic carbocycles. The molecule has 2 unspecified atom stereocenters. The van der Waals surface area contributed by atoms with Gasteiger partial charge in [0.2, 0.25) is 0 Å². The van der Waals surface area contributed by atoms with Crippen LogP contribution in [0, 0.1) is 17.8 Å². The maximum absolute atomic E-state index is 3.77. The van der Waals surface area contributed by atoms with Crippen molar-refractivity contribution < 1.29 is 0 Å². The molecule has 0 radical (unpaired) electrons. The van der Waals surface area contributed by atoms with Gasteiger partial charge in [0, 0.05) is 9.84 Å². The monoisotopic (exact) mass is 286 g/mol. The summed E-state index contributed by atoms with van der Waals surface area (Å²) in [5, 5.41) is 0. The van der Waals surface area contributed by atoms with Gasteiger partial charge in [-0.3, -0.25) is 0 Å². The molecule has 2 rings (SSSR count). The van der Waals surface area contributed by atoms with Gasteiger partial charge in [0.05, 0.1) is 0 Å². The average molecular weight is 286 g/mol. The number of fused-ring (bicyclic) bond motifs is 1. The Bertz CT molecular complexity index is 275. The molecule has 1 heteroatoms. The van der Waals surface area contributed by atoms with Gasteiger partial charge in [-0.2, -0.15) is 0 Å². The second-order valence-corrected chi connectivity index (χ2v) is 5.39. The largest absolute Gasteiger partial charge is 0.0991 e. The predicted octanol–water partition coefficient (Wildman–Crippen LogP) is 3.74. The normalized spacial score (nSPS) is 45.5. The van der Waals surface area contributed by atoms with Crippen molar-refractivity contribution in [3.05, 3.63) is 36.5 Å². The SMILES string of the molecule is C=C/C=C1\C(I)[C@H]2C1C=CC[C@H]2C. The zero-order chi connectivity index (χ0) is 9.42. The highest BCUT2D eigenvalue weighted by Gasteiger charge is 2.46. The molecule has 1 saturated carbocycles. The summed E-state index contributed by atoms with van der Waals surface area (Å²) in [6.07, 6.45) is 10.1. The minimum absolute atomic E-state index is 0.726. The quantitative estimate of drug-likeness (QED) is 0.391. The Morgan fingerprint density at radius 2 is 2.38 bits per heavy atom. The van der Waals surface area contributed by atoms with E-state index in [1.807, 2.05) is 6.08 Å². The summed E-state index contributed by atoms with van der Waals surface area (Å²) in [5.41, 5.74) is 1.57. The number of rotatable bonds is 1. The fourth-order valence-electron chi connectivity index (χ4n) is 2.51. The Balaban J connectivity index is 2.22. The van der Waals surface area contributed by atoms with Crippen LogP contribution in [0.4, 0.5) is 0 Å². The van der Waals surface area contributed by atoms with Crippen LogP contribution in [0.2, 0.25) is 0 Å². The molecule has 0 aromatic carbocycles. The number of hydrogen-bond acceptors (Lipinski definition) is 0. The lowest BCUT2D eigenvalue weighted by Crippen LogP contribution is -2.44. The highest BCUT2D eigenvalue weighted by Crippen LogP contribution is 2.52. The zero-order valence-corrected chi connectivity index (χ0v) is 10.1. The van der Waals surface area contributed by atoms with Crippen LogP contribution in [0.15, 0.2) is 36.5 Å².